The molecule has 24 heavy (non-hydrogen) atoms. The standard InChI is InChI=1S/C18H19F3N2O/c1-22(2)16-6-4-5-14(11-16)17(24)23(3)12-13-7-9-15(10-8-13)18(19,20)21/h4-11H,12H2,1-3H3. The Morgan fingerprint density at radius 3 is 2.17 bits per heavy atom. The van der Waals surface area contributed by atoms with Crippen molar-refractivity contribution in [2.24, 2.45) is 0 Å². The number of carbonyl (C=O) groups is 1. The highest BCUT2D eigenvalue weighted by Crippen LogP contribution is 2.29. The summed E-state index contributed by atoms with van der Waals surface area (Å²) in [4.78, 5) is 15.9. The molecular formula is C18H19F3N2O. The monoisotopic (exact) mass is 336 g/mol. The topological polar surface area (TPSA) is 23.6 Å². The molecule has 2 aromatic carbocycles. The lowest BCUT2D eigenvalue weighted by Crippen LogP contribution is -2.26. The molecule has 0 radical (unpaired) electrons. The van der Waals surface area contributed by atoms with Gasteiger partial charge in [-0.2, -0.15) is 13.2 Å². The third-order valence-electron chi connectivity index (χ3n) is 3.66. The lowest BCUT2D eigenvalue weighted by Gasteiger charge is -2.19. The molecule has 0 N–H and O–H groups in total. The lowest BCUT2D eigenvalue weighted by molar-refractivity contribution is -0.137. The predicted octanol–water partition coefficient (Wildman–Crippen LogP) is 4.04. The number of rotatable bonds is 4. The maximum Gasteiger partial charge on any atom is 0.416 e. The van der Waals surface area contributed by atoms with E-state index in [2.05, 4.69) is 0 Å². The van der Waals surface area contributed by atoms with Crippen molar-refractivity contribution < 1.29 is 18.0 Å². The van der Waals surface area contributed by atoms with Crippen molar-refractivity contribution in [2.75, 3.05) is 26.0 Å². The molecule has 3 nitrogen and oxygen atoms in total. The minimum Gasteiger partial charge on any atom is -0.378 e. The maximum atomic E-state index is 12.6. The van der Waals surface area contributed by atoms with Crippen LogP contribution < -0.4 is 4.90 Å². The summed E-state index contributed by atoms with van der Waals surface area (Å²) in [6.07, 6.45) is -4.35. The molecule has 2 aromatic rings. The zero-order valence-corrected chi connectivity index (χ0v) is 13.8. The Labute approximate surface area is 139 Å². The molecule has 0 bridgehead atoms. The molecule has 0 spiro atoms. The molecule has 2 rings (SSSR count). The molecule has 0 atom stereocenters. The maximum absolute atomic E-state index is 12.6. The summed E-state index contributed by atoms with van der Waals surface area (Å²) in [6.45, 7) is 0.239. The number of alkyl halides is 3. The lowest BCUT2D eigenvalue weighted by atomic mass is 10.1. The van der Waals surface area contributed by atoms with E-state index in [-0.39, 0.29) is 12.5 Å². The van der Waals surface area contributed by atoms with Crippen LogP contribution in [-0.2, 0) is 12.7 Å². The van der Waals surface area contributed by atoms with Gasteiger partial charge in [-0.3, -0.25) is 4.79 Å². The molecule has 0 saturated carbocycles. The highest BCUT2D eigenvalue weighted by Gasteiger charge is 2.30. The van der Waals surface area contributed by atoms with Crippen molar-refractivity contribution in [3.63, 3.8) is 0 Å². The largest absolute Gasteiger partial charge is 0.416 e. The third kappa shape index (κ3) is 4.28. The summed E-state index contributed by atoms with van der Waals surface area (Å²) in [5.41, 5.74) is 1.39. The van der Waals surface area contributed by atoms with E-state index >= 15 is 0 Å². The Hall–Kier alpha value is -2.50. The van der Waals surface area contributed by atoms with E-state index in [1.54, 1.807) is 25.2 Å². The molecule has 0 fully saturated rings. The highest BCUT2D eigenvalue weighted by molar-refractivity contribution is 5.95. The van der Waals surface area contributed by atoms with Crippen molar-refractivity contribution in [1.29, 1.82) is 0 Å². The number of hydrogen-bond donors (Lipinski definition) is 0. The second-order valence-electron chi connectivity index (χ2n) is 5.80. The Bertz CT molecular complexity index is 709. The number of hydrogen-bond acceptors (Lipinski definition) is 2. The second kappa shape index (κ2) is 6.95. The van der Waals surface area contributed by atoms with Crippen LogP contribution >= 0.6 is 0 Å². The fourth-order valence-corrected chi connectivity index (χ4v) is 2.28. The van der Waals surface area contributed by atoms with E-state index in [1.807, 2.05) is 25.1 Å². The molecule has 128 valence electrons. The predicted molar refractivity (Wildman–Crippen MR) is 88.0 cm³/mol. The first-order valence-electron chi connectivity index (χ1n) is 7.37. The van der Waals surface area contributed by atoms with Gasteiger partial charge in [0.2, 0.25) is 0 Å². The van der Waals surface area contributed by atoms with Crippen LogP contribution in [0.1, 0.15) is 21.5 Å². The molecule has 6 heteroatoms. The van der Waals surface area contributed by atoms with Crippen molar-refractivity contribution in [2.45, 2.75) is 12.7 Å². The molecule has 0 unspecified atom stereocenters. The average molecular weight is 336 g/mol. The minimum atomic E-state index is -4.35. The Morgan fingerprint density at radius 2 is 1.62 bits per heavy atom. The van der Waals surface area contributed by atoms with Crippen LogP contribution in [0.3, 0.4) is 0 Å². The molecule has 0 aromatic heterocycles. The number of halogens is 3. The number of benzene rings is 2. The second-order valence-corrected chi connectivity index (χ2v) is 5.80. The summed E-state index contributed by atoms with van der Waals surface area (Å²) in [6, 6.07) is 12.0. The molecule has 0 heterocycles. The molecule has 0 aliphatic carbocycles. The fourth-order valence-electron chi connectivity index (χ4n) is 2.28. The van der Waals surface area contributed by atoms with Crippen LogP contribution in [0.5, 0.6) is 0 Å². The number of anilines is 1. The smallest absolute Gasteiger partial charge is 0.378 e. The van der Waals surface area contributed by atoms with Gasteiger partial charge in [0, 0.05) is 38.9 Å². The van der Waals surface area contributed by atoms with Crippen molar-refractivity contribution >= 4 is 11.6 Å². The van der Waals surface area contributed by atoms with Gasteiger partial charge in [0.1, 0.15) is 0 Å². The molecule has 0 aliphatic heterocycles. The van der Waals surface area contributed by atoms with Gasteiger partial charge in [-0.15, -0.1) is 0 Å². The van der Waals surface area contributed by atoms with Gasteiger partial charge in [0.15, 0.2) is 0 Å². The van der Waals surface area contributed by atoms with Gasteiger partial charge in [-0.25, -0.2) is 0 Å². The van der Waals surface area contributed by atoms with E-state index in [4.69, 9.17) is 0 Å². The van der Waals surface area contributed by atoms with Crippen molar-refractivity contribution in [1.82, 2.24) is 4.90 Å². The fraction of sp³-hybridized carbons (Fsp3) is 0.278. The molecule has 0 saturated heterocycles. The van der Waals surface area contributed by atoms with Crippen LogP contribution in [0, 0.1) is 0 Å². The van der Waals surface area contributed by atoms with Crippen molar-refractivity contribution in [3.8, 4) is 0 Å². The number of carbonyl (C=O) groups excluding carboxylic acids is 1. The SMILES string of the molecule is CN(Cc1ccc(C(F)(F)F)cc1)C(=O)c1cccc(N(C)C)c1. The van der Waals surface area contributed by atoms with Gasteiger partial charge in [-0.05, 0) is 35.9 Å². The normalized spacial score (nSPS) is 11.2. The first-order chi connectivity index (χ1) is 11.2. The first kappa shape index (κ1) is 17.8. The van der Waals surface area contributed by atoms with Crippen molar-refractivity contribution in [3.05, 3.63) is 65.2 Å². The molecular weight excluding hydrogens is 317 g/mol. The van der Waals surface area contributed by atoms with Crippen LogP contribution in [-0.4, -0.2) is 32.0 Å². The third-order valence-corrected chi connectivity index (χ3v) is 3.66. The van der Waals surface area contributed by atoms with Gasteiger partial charge in [0.05, 0.1) is 5.56 Å². The van der Waals surface area contributed by atoms with E-state index in [1.165, 1.54) is 17.0 Å². The number of nitrogens with zero attached hydrogens (tertiary/aromatic N) is 2. The Morgan fingerprint density at radius 1 is 1.00 bits per heavy atom. The van der Waals surface area contributed by atoms with Gasteiger partial charge in [-0.1, -0.05) is 18.2 Å². The first-order valence-corrected chi connectivity index (χ1v) is 7.37. The quantitative estimate of drug-likeness (QED) is 0.841. The number of amides is 1. The van der Waals surface area contributed by atoms with E-state index < -0.39 is 11.7 Å². The Kier molecular flexibility index (Phi) is 5.17. The van der Waals surface area contributed by atoms with Crippen LogP contribution in [0.15, 0.2) is 48.5 Å². The van der Waals surface area contributed by atoms with Crippen LogP contribution in [0.2, 0.25) is 0 Å². The summed E-state index contributed by atoms with van der Waals surface area (Å²) in [5, 5.41) is 0. The van der Waals surface area contributed by atoms with Gasteiger partial charge < -0.3 is 9.80 Å². The van der Waals surface area contributed by atoms with E-state index in [9.17, 15) is 18.0 Å². The summed E-state index contributed by atoms with van der Waals surface area (Å²) in [5.74, 6) is -0.182. The summed E-state index contributed by atoms with van der Waals surface area (Å²) < 4.78 is 37.7. The van der Waals surface area contributed by atoms with Gasteiger partial charge >= 0.3 is 6.18 Å². The van der Waals surface area contributed by atoms with Crippen LogP contribution in [0.25, 0.3) is 0 Å². The van der Waals surface area contributed by atoms with Crippen LogP contribution in [0.4, 0.5) is 18.9 Å². The van der Waals surface area contributed by atoms with E-state index in [0.717, 1.165) is 17.8 Å². The molecule has 0 aliphatic rings. The summed E-state index contributed by atoms with van der Waals surface area (Å²) >= 11 is 0. The molecule has 1 amide bonds. The highest BCUT2D eigenvalue weighted by atomic mass is 19.4. The Balaban J connectivity index is 2.10. The van der Waals surface area contributed by atoms with Gasteiger partial charge in [0.25, 0.3) is 5.91 Å². The zero-order chi connectivity index (χ0) is 17.9. The minimum absolute atomic E-state index is 0.182. The zero-order valence-electron chi connectivity index (χ0n) is 13.8. The average Bonchev–Trinajstić information content (AvgIpc) is 2.53. The van der Waals surface area contributed by atoms with E-state index in [0.29, 0.717) is 11.1 Å². The summed E-state index contributed by atoms with van der Waals surface area (Å²) in [7, 11) is 5.40.